The minimum Gasteiger partial charge on any atom is -0.321 e. The summed E-state index contributed by atoms with van der Waals surface area (Å²) in [5, 5.41) is 3.35. The van der Waals surface area contributed by atoms with Crippen LogP contribution in [-0.4, -0.2) is 22.1 Å². The number of carbonyl (C=O) groups excluding carboxylic acids is 1. The lowest BCUT2D eigenvalue weighted by Gasteiger charge is -2.06. The molecule has 0 saturated carbocycles. The fourth-order valence-corrected chi connectivity index (χ4v) is 2.03. The van der Waals surface area contributed by atoms with Crippen LogP contribution in [-0.2, 0) is 0 Å². The van der Waals surface area contributed by atoms with Crippen molar-refractivity contribution in [2.24, 2.45) is 0 Å². The van der Waals surface area contributed by atoms with Crippen molar-refractivity contribution in [3.8, 4) is 0 Å². The fraction of sp³-hybridized carbons (Fsp3) is 0.0833. The molecule has 92 valence electrons. The van der Waals surface area contributed by atoms with Gasteiger partial charge in [-0.15, -0.1) is 0 Å². The van der Waals surface area contributed by atoms with E-state index < -0.39 is 0 Å². The molecule has 0 aliphatic carbocycles. The molecule has 1 N–H and O–H groups in total. The first-order valence-corrected chi connectivity index (χ1v) is 7.15. The van der Waals surface area contributed by atoms with Gasteiger partial charge in [0.05, 0.1) is 4.47 Å². The maximum atomic E-state index is 12.1. The molecular weight excluding hydrogens is 314 g/mol. The zero-order valence-electron chi connectivity index (χ0n) is 9.55. The van der Waals surface area contributed by atoms with E-state index in [2.05, 4.69) is 31.2 Å². The molecule has 0 aliphatic heterocycles. The lowest BCUT2D eigenvalue weighted by atomic mass is 10.3. The van der Waals surface area contributed by atoms with Crippen molar-refractivity contribution in [1.82, 2.24) is 9.97 Å². The van der Waals surface area contributed by atoms with Gasteiger partial charge in [-0.2, -0.15) is 0 Å². The topological polar surface area (TPSA) is 54.9 Å². The second-order valence-corrected chi connectivity index (χ2v) is 5.00. The summed E-state index contributed by atoms with van der Waals surface area (Å²) in [7, 11) is 0. The highest BCUT2D eigenvalue weighted by atomic mass is 79.9. The zero-order chi connectivity index (χ0) is 13.0. The highest BCUT2D eigenvalue weighted by molar-refractivity contribution is 9.10. The number of anilines is 1. The maximum absolute atomic E-state index is 12.1. The molecule has 0 spiro atoms. The third kappa shape index (κ3) is 3.08. The molecule has 1 heterocycles. The zero-order valence-corrected chi connectivity index (χ0v) is 12.0. The Balaban J connectivity index is 2.23. The van der Waals surface area contributed by atoms with Crippen LogP contribution in [0.15, 0.2) is 46.2 Å². The summed E-state index contributed by atoms with van der Waals surface area (Å²) in [4.78, 5) is 20.3. The predicted octanol–water partition coefficient (Wildman–Crippen LogP) is 3.21. The molecule has 0 bridgehead atoms. The van der Waals surface area contributed by atoms with Gasteiger partial charge in [-0.1, -0.05) is 30.0 Å². The normalized spacial score (nSPS) is 10.1. The molecule has 6 heteroatoms. The number of para-hydroxylation sites is 1. The van der Waals surface area contributed by atoms with Crippen LogP contribution >= 0.6 is 27.7 Å². The van der Waals surface area contributed by atoms with E-state index in [1.807, 2.05) is 36.6 Å². The average molecular weight is 324 g/mol. The van der Waals surface area contributed by atoms with E-state index in [9.17, 15) is 4.79 Å². The number of hydrogen-bond acceptors (Lipinski definition) is 4. The van der Waals surface area contributed by atoms with Crippen LogP contribution in [0.4, 0.5) is 5.69 Å². The van der Waals surface area contributed by atoms with Gasteiger partial charge < -0.3 is 5.32 Å². The number of nitrogens with one attached hydrogen (secondary N) is 1. The number of benzene rings is 1. The molecule has 0 aliphatic rings. The molecule has 1 aromatic carbocycles. The molecule has 2 rings (SSSR count). The van der Waals surface area contributed by atoms with Gasteiger partial charge in [0.15, 0.2) is 5.16 Å². The van der Waals surface area contributed by atoms with Crippen molar-refractivity contribution in [3.63, 3.8) is 0 Å². The molecule has 0 radical (unpaired) electrons. The van der Waals surface area contributed by atoms with Gasteiger partial charge in [-0.25, -0.2) is 9.97 Å². The molecule has 18 heavy (non-hydrogen) atoms. The lowest BCUT2D eigenvalue weighted by Crippen LogP contribution is -2.15. The van der Waals surface area contributed by atoms with Gasteiger partial charge in [0.2, 0.25) is 0 Å². The minimum absolute atomic E-state index is 0.259. The van der Waals surface area contributed by atoms with Gasteiger partial charge in [-0.05, 0) is 34.3 Å². The summed E-state index contributed by atoms with van der Waals surface area (Å²) in [5.74, 6) is -0.259. The number of hydrogen-bond donors (Lipinski definition) is 1. The van der Waals surface area contributed by atoms with Crippen molar-refractivity contribution in [1.29, 1.82) is 0 Å². The molecule has 0 fully saturated rings. The van der Waals surface area contributed by atoms with Crippen LogP contribution in [0.2, 0.25) is 0 Å². The summed E-state index contributed by atoms with van der Waals surface area (Å²) in [6.45, 7) is 0. The number of nitrogens with zero attached hydrogens (tertiary/aromatic N) is 2. The van der Waals surface area contributed by atoms with Crippen LogP contribution in [0.3, 0.4) is 0 Å². The molecule has 0 atom stereocenters. The number of rotatable bonds is 3. The number of carbonyl (C=O) groups is 1. The van der Waals surface area contributed by atoms with Crippen LogP contribution < -0.4 is 5.32 Å². The van der Waals surface area contributed by atoms with Crippen LogP contribution in [0.25, 0.3) is 0 Å². The second-order valence-electron chi connectivity index (χ2n) is 3.37. The van der Waals surface area contributed by atoms with E-state index in [0.29, 0.717) is 15.3 Å². The quantitative estimate of drug-likeness (QED) is 0.696. The van der Waals surface area contributed by atoms with Gasteiger partial charge >= 0.3 is 0 Å². The number of thioether (sulfide) groups is 1. The molecular formula is C12H10BrN3OS. The third-order valence-corrected chi connectivity index (χ3v) is 3.29. The lowest BCUT2D eigenvalue weighted by molar-refractivity contribution is 0.102. The van der Waals surface area contributed by atoms with Gasteiger partial charge in [0.1, 0.15) is 5.69 Å². The third-order valence-electron chi connectivity index (χ3n) is 2.15. The van der Waals surface area contributed by atoms with Crippen molar-refractivity contribution >= 4 is 39.3 Å². The Labute approximate surface area is 117 Å². The molecule has 4 nitrogen and oxygen atoms in total. The first kappa shape index (κ1) is 13.0. The molecule has 0 saturated heterocycles. The Morgan fingerprint density at radius 3 is 2.72 bits per heavy atom. The second kappa shape index (κ2) is 5.97. The summed E-state index contributed by atoms with van der Waals surface area (Å²) in [6, 6.07) is 9.25. The fourth-order valence-electron chi connectivity index (χ4n) is 1.32. The maximum Gasteiger partial charge on any atom is 0.275 e. The van der Waals surface area contributed by atoms with Crippen molar-refractivity contribution < 1.29 is 4.79 Å². The van der Waals surface area contributed by atoms with Crippen molar-refractivity contribution in [2.45, 2.75) is 5.16 Å². The van der Waals surface area contributed by atoms with E-state index >= 15 is 0 Å². The van der Waals surface area contributed by atoms with Gasteiger partial charge in [-0.3, -0.25) is 4.79 Å². The van der Waals surface area contributed by atoms with Crippen LogP contribution in [0.1, 0.15) is 10.5 Å². The van der Waals surface area contributed by atoms with E-state index in [4.69, 9.17) is 0 Å². The standard InChI is InChI=1S/C12H10BrN3OS/c1-18-12-14-7-9(13)10(16-12)11(17)15-8-5-3-2-4-6-8/h2-7H,1H3,(H,15,17). The van der Waals surface area contributed by atoms with E-state index in [-0.39, 0.29) is 5.91 Å². The Morgan fingerprint density at radius 1 is 1.33 bits per heavy atom. The Bertz CT molecular complexity index is 563. The largest absolute Gasteiger partial charge is 0.321 e. The SMILES string of the molecule is CSc1ncc(Br)c(C(=O)Nc2ccccc2)n1. The molecule has 2 aromatic rings. The van der Waals surface area contributed by atoms with Gasteiger partial charge in [0, 0.05) is 11.9 Å². The van der Waals surface area contributed by atoms with Crippen LogP contribution in [0, 0.1) is 0 Å². The average Bonchev–Trinajstić information content (AvgIpc) is 2.40. The summed E-state index contributed by atoms with van der Waals surface area (Å²) < 4.78 is 0.578. The van der Waals surface area contributed by atoms with E-state index in [0.717, 1.165) is 5.69 Å². The predicted molar refractivity (Wildman–Crippen MR) is 75.9 cm³/mol. The molecule has 1 aromatic heterocycles. The highest BCUT2D eigenvalue weighted by Gasteiger charge is 2.13. The summed E-state index contributed by atoms with van der Waals surface area (Å²) in [6.07, 6.45) is 3.45. The number of amides is 1. The first-order valence-electron chi connectivity index (χ1n) is 5.13. The minimum atomic E-state index is -0.259. The van der Waals surface area contributed by atoms with Crippen LogP contribution in [0.5, 0.6) is 0 Å². The Hall–Kier alpha value is -1.40. The molecule has 0 unspecified atom stereocenters. The van der Waals surface area contributed by atoms with E-state index in [1.165, 1.54) is 11.8 Å². The monoisotopic (exact) mass is 323 g/mol. The number of halogens is 1. The summed E-state index contributed by atoms with van der Waals surface area (Å²) >= 11 is 4.67. The Morgan fingerprint density at radius 2 is 2.06 bits per heavy atom. The van der Waals surface area contributed by atoms with Crippen molar-refractivity contribution in [2.75, 3.05) is 11.6 Å². The smallest absolute Gasteiger partial charge is 0.275 e. The summed E-state index contributed by atoms with van der Waals surface area (Å²) in [5.41, 5.74) is 1.07. The molecule has 1 amide bonds. The highest BCUT2D eigenvalue weighted by Crippen LogP contribution is 2.18. The van der Waals surface area contributed by atoms with E-state index in [1.54, 1.807) is 6.20 Å². The Kier molecular flexibility index (Phi) is 4.33. The van der Waals surface area contributed by atoms with Gasteiger partial charge in [0.25, 0.3) is 5.91 Å². The number of aromatic nitrogens is 2. The first-order chi connectivity index (χ1) is 8.70. The van der Waals surface area contributed by atoms with Crippen molar-refractivity contribution in [3.05, 3.63) is 46.7 Å².